The molecule has 14 heavy (non-hydrogen) atoms. The summed E-state index contributed by atoms with van der Waals surface area (Å²) in [5, 5.41) is 3.73. The summed E-state index contributed by atoms with van der Waals surface area (Å²) in [5.74, 6) is 1.02. The average Bonchev–Trinajstić information content (AvgIpc) is 2.86. The molecule has 2 nitrogen and oxygen atoms in total. The molecule has 1 saturated heterocycles. The van der Waals surface area contributed by atoms with Crippen molar-refractivity contribution in [1.82, 2.24) is 10.2 Å². The van der Waals surface area contributed by atoms with Gasteiger partial charge >= 0.3 is 0 Å². The molecular formula is C12H22N2. The first-order chi connectivity index (χ1) is 6.93. The lowest BCUT2D eigenvalue weighted by Crippen LogP contribution is -2.46. The van der Waals surface area contributed by atoms with E-state index in [1.807, 2.05) is 0 Å². The normalized spacial score (nSPS) is 36.4. The van der Waals surface area contributed by atoms with E-state index in [0.717, 1.165) is 18.0 Å². The summed E-state index contributed by atoms with van der Waals surface area (Å²) in [7, 11) is 0. The van der Waals surface area contributed by atoms with Crippen LogP contribution in [-0.4, -0.2) is 36.6 Å². The molecule has 0 aromatic heterocycles. The minimum Gasteiger partial charge on any atom is -0.312 e. The Hall–Kier alpha value is -0.0800. The molecule has 1 unspecified atom stereocenters. The molecule has 1 atom stereocenters. The van der Waals surface area contributed by atoms with Crippen molar-refractivity contribution in [3.05, 3.63) is 0 Å². The minimum absolute atomic E-state index is 0.832. The first kappa shape index (κ1) is 9.17. The van der Waals surface area contributed by atoms with Gasteiger partial charge in [0.2, 0.25) is 0 Å². The number of rotatable bonds is 2. The van der Waals surface area contributed by atoms with Gasteiger partial charge in [-0.3, -0.25) is 4.90 Å². The third kappa shape index (κ3) is 1.82. The first-order valence-electron chi connectivity index (χ1n) is 6.41. The predicted molar refractivity (Wildman–Crippen MR) is 58.3 cm³/mol. The van der Waals surface area contributed by atoms with Crippen LogP contribution in [0, 0.1) is 5.92 Å². The van der Waals surface area contributed by atoms with Gasteiger partial charge in [0, 0.05) is 18.6 Å². The SMILES string of the molecule is C1CC(N2CCCNC(C3CC3)C2)C1. The van der Waals surface area contributed by atoms with Crippen LogP contribution in [-0.2, 0) is 0 Å². The lowest BCUT2D eigenvalue weighted by molar-refractivity contribution is 0.122. The van der Waals surface area contributed by atoms with Crippen LogP contribution in [0.2, 0.25) is 0 Å². The summed E-state index contributed by atoms with van der Waals surface area (Å²) in [5.41, 5.74) is 0. The van der Waals surface area contributed by atoms with Gasteiger partial charge in [0.25, 0.3) is 0 Å². The Morgan fingerprint density at radius 1 is 1.00 bits per heavy atom. The van der Waals surface area contributed by atoms with E-state index in [9.17, 15) is 0 Å². The number of hydrogen-bond acceptors (Lipinski definition) is 2. The molecule has 0 aromatic rings. The Bertz CT molecular complexity index is 196. The van der Waals surface area contributed by atoms with Crippen molar-refractivity contribution in [3.63, 3.8) is 0 Å². The summed E-state index contributed by atoms with van der Waals surface area (Å²) in [4.78, 5) is 2.77. The van der Waals surface area contributed by atoms with E-state index in [0.29, 0.717) is 0 Å². The van der Waals surface area contributed by atoms with Gasteiger partial charge < -0.3 is 5.32 Å². The van der Waals surface area contributed by atoms with Crippen molar-refractivity contribution in [1.29, 1.82) is 0 Å². The largest absolute Gasteiger partial charge is 0.312 e. The van der Waals surface area contributed by atoms with Crippen molar-refractivity contribution >= 4 is 0 Å². The Labute approximate surface area is 87.0 Å². The molecule has 0 aromatic carbocycles. The smallest absolute Gasteiger partial charge is 0.0223 e. The lowest BCUT2D eigenvalue weighted by Gasteiger charge is -2.38. The molecule has 3 fully saturated rings. The van der Waals surface area contributed by atoms with Crippen molar-refractivity contribution in [3.8, 4) is 0 Å². The van der Waals surface area contributed by atoms with Gasteiger partial charge in [-0.15, -0.1) is 0 Å². The van der Waals surface area contributed by atoms with E-state index in [1.54, 1.807) is 0 Å². The first-order valence-corrected chi connectivity index (χ1v) is 6.41. The van der Waals surface area contributed by atoms with Gasteiger partial charge in [-0.1, -0.05) is 6.42 Å². The standard InChI is InChI=1S/C12H22N2/c1-3-11(4-1)14-8-2-7-13-12(9-14)10-5-6-10/h10-13H,1-9H2. The van der Waals surface area contributed by atoms with E-state index in [-0.39, 0.29) is 0 Å². The van der Waals surface area contributed by atoms with Crippen molar-refractivity contribution in [2.45, 2.75) is 50.6 Å². The molecule has 0 radical (unpaired) electrons. The van der Waals surface area contributed by atoms with E-state index < -0.39 is 0 Å². The van der Waals surface area contributed by atoms with Crippen LogP contribution >= 0.6 is 0 Å². The third-order valence-corrected chi connectivity index (χ3v) is 4.24. The predicted octanol–water partition coefficient (Wildman–Crippen LogP) is 1.61. The highest BCUT2D eigenvalue weighted by molar-refractivity contribution is 4.92. The van der Waals surface area contributed by atoms with Gasteiger partial charge in [-0.2, -0.15) is 0 Å². The maximum atomic E-state index is 3.73. The maximum absolute atomic E-state index is 3.73. The fraction of sp³-hybridized carbons (Fsp3) is 1.00. The average molecular weight is 194 g/mol. The van der Waals surface area contributed by atoms with Gasteiger partial charge in [0.15, 0.2) is 0 Å². The van der Waals surface area contributed by atoms with Crippen LogP contribution in [0.25, 0.3) is 0 Å². The molecule has 80 valence electrons. The summed E-state index contributed by atoms with van der Waals surface area (Å²) < 4.78 is 0. The van der Waals surface area contributed by atoms with Gasteiger partial charge in [-0.05, 0) is 51.1 Å². The fourth-order valence-electron chi connectivity index (χ4n) is 2.88. The minimum atomic E-state index is 0.832. The maximum Gasteiger partial charge on any atom is 0.0223 e. The van der Waals surface area contributed by atoms with Crippen LogP contribution in [0.15, 0.2) is 0 Å². The second-order valence-corrected chi connectivity index (χ2v) is 5.33. The highest BCUT2D eigenvalue weighted by Crippen LogP contribution is 2.35. The highest BCUT2D eigenvalue weighted by Gasteiger charge is 2.35. The Morgan fingerprint density at radius 3 is 2.50 bits per heavy atom. The second-order valence-electron chi connectivity index (χ2n) is 5.33. The fourth-order valence-corrected chi connectivity index (χ4v) is 2.88. The van der Waals surface area contributed by atoms with Gasteiger partial charge in [0.1, 0.15) is 0 Å². The van der Waals surface area contributed by atoms with E-state index in [1.165, 1.54) is 58.2 Å². The zero-order valence-corrected chi connectivity index (χ0v) is 9.04. The van der Waals surface area contributed by atoms with Crippen LogP contribution < -0.4 is 5.32 Å². The molecule has 0 bridgehead atoms. The molecule has 3 rings (SSSR count). The summed E-state index contributed by atoms with van der Waals surface area (Å²) in [6.45, 7) is 3.95. The molecule has 1 N–H and O–H groups in total. The number of nitrogens with zero attached hydrogens (tertiary/aromatic N) is 1. The van der Waals surface area contributed by atoms with E-state index in [4.69, 9.17) is 0 Å². The van der Waals surface area contributed by atoms with Crippen molar-refractivity contribution in [2.75, 3.05) is 19.6 Å². The molecule has 0 amide bonds. The molecule has 2 heteroatoms. The molecule has 0 spiro atoms. The van der Waals surface area contributed by atoms with Crippen LogP contribution in [0.4, 0.5) is 0 Å². The Balaban J connectivity index is 1.59. The van der Waals surface area contributed by atoms with Crippen LogP contribution in [0.1, 0.15) is 38.5 Å². The lowest BCUT2D eigenvalue weighted by atomic mass is 9.91. The number of nitrogens with one attached hydrogen (secondary N) is 1. The Morgan fingerprint density at radius 2 is 1.86 bits per heavy atom. The van der Waals surface area contributed by atoms with E-state index in [2.05, 4.69) is 10.2 Å². The zero-order valence-electron chi connectivity index (χ0n) is 9.04. The molecule has 3 aliphatic rings. The molecule has 1 aliphatic heterocycles. The number of hydrogen-bond donors (Lipinski definition) is 1. The van der Waals surface area contributed by atoms with Gasteiger partial charge in [0.05, 0.1) is 0 Å². The quantitative estimate of drug-likeness (QED) is 0.718. The zero-order chi connectivity index (χ0) is 9.38. The van der Waals surface area contributed by atoms with Crippen LogP contribution in [0.3, 0.4) is 0 Å². The monoisotopic (exact) mass is 194 g/mol. The summed E-state index contributed by atoms with van der Waals surface area (Å²) >= 11 is 0. The van der Waals surface area contributed by atoms with Crippen molar-refractivity contribution in [2.24, 2.45) is 5.92 Å². The third-order valence-electron chi connectivity index (χ3n) is 4.24. The van der Waals surface area contributed by atoms with E-state index >= 15 is 0 Å². The Kier molecular flexibility index (Phi) is 2.50. The van der Waals surface area contributed by atoms with Crippen molar-refractivity contribution < 1.29 is 0 Å². The molecule has 2 saturated carbocycles. The topological polar surface area (TPSA) is 15.3 Å². The summed E-state index contributed by atoms with van der Waals surface area (Å²) in [6.07, 6.45) is 8.74. The second kappa shape index (κ2) is 3.82. The highest BCUT2D eigenvalue weighted by atomic mass is 15.2. The molecular weight excluding hydrogens is 172 g/mol. The van der Waals surface area contributed by atoms with Gasteiger partial charge in [-0.25, -0.2) is 0 Å². The van der Waals surface area contributed by atoms with Crippen LogP contribution in [0.5, 0.6) is 0 Å². The molecule has 1 heterocycles. The molecule has 2 aliphatic carbocycles. The summed E-state index contributed by atoms with van der Waals surface area (Å²) in [6, 6.07) is 1.79.